The van der Waals surface area contributed by atoms with Crippen molar-refractivity contribution in [2.24, 2.45) is 12.9 Å². The Bertz CT molecular complexity index is 642. The number of halogens is 3. The molecule has 1 atom stereocenters. The van der Waals surface area contributed by atoms with Crippen LogP contribution in [0.2, 0.25) is 5.02 Å². The summed E-state index contributed by atoms with van der Waals surface area (Å²) in [7, 11) is 1.78. The Balaban J connectivity index is 2.19. The number of hydrazine groups is 1. The fourth-order valence-corrected chi connectivity index (χ4v) is 2.53. The Morgan fingerprint density at radius 1 is 1.38 bits per heavy atom. The minimum absolute atomic E-state index is 0.251. The number of benzene rings is 1. The third-order valence-corrected chi connectivity index (χ3v) is 3.93. The molecule has 2 aromatic rings. The lowest BCUT2D eigenvalue weighted by molar-refractivity contribution is 0.468. The fraction of sp³-hybridized carbons (Fsp3) is 0.357. The molecule has 21 heavy (non-hydrogen) atoms. The zero-order valence-electron chi connectivity index (χ0n) is 11.8. The van der Waals surface area contributed by atoms with Crippen LogP contribution in [-0.2, 0) is 19.9 Å². The number of aryl methyl sites for hydroxylation is 2. The summed E-state index contributed by atoms with van der Waals surface area (Å²) in [6, 6.07) is 3.82. The van der Waals surface area contributed by atoms with Crippen molar-refractivity contribution in [3.05, 3.63) is 51.8 Å². The van der Waals surface area contributed by atoms with Crippen LogP contribution < -0.4 is 11.3 Å². The summed E-state index contributed by atoms with van der Waals surface area (Å²) in [4.78, 5) is 0. The van der Waals surface area contributed by atoms with Crippen LogP contribution in [0.3, 0.4) is 0 Å². The van der Waals surface area contributed by atoms with Crippen LogP contribution in [0.5, 0.6) is 0 Å². The topological polar surface area (TPSA) is 55.9 Å². The van der Waals surface area contributed by atoms with Crippen molar-refractivity contribution in [1.82, 2.24) is 15.2 Å². The lowest BCUT2D eigenvalue weighted by Crippen LogP contribution is -2.39. The Hall–Kier alpha value is -1.50. The van der Waals surface area contributed by atoms with Gasteiger partial charge in [-0.2, -0.15) is 5.10 Å². The summed E-state index contributed by atoms with van der Waals surface area (Å²) < 4.78 is 28.6. The van der Waals surface area contributed by atoms with E-state index in [9.17, 15) is 8.78 Å². The highest BCUT2D eigenvalue weighted by molar-refractivity contribution is 6.31. The SMILES string of the molecule is Cc1nn(C)c(CC(Cc2cccc(F)c2F)NN)c1Cl. The highest BCUT2D eigenvalue weighted by Gasteiger charge is 2.18. The molecule has 0 spiro atoms. The van der Waals surface area contributed by atoms with Gasteiger partial charge in [0.05, 0.1) is 16.4 Å². The van der Waals surface area contributed by atoms with Crippen LogP contribution in [0.25, 0.3) is 0 Å². The maximum absolute atomic E-state index is 13.7. The number of nitrogens with one attached hydrogen (secondary N) is 1. The molecule has 7 heteroatoms. The summed E-state index contributed by atoms with van der Waals surface area (Å²) in [5.41, 5.74) is 4.42. The van der Waals surface area contributed by atoms with E-state index in [4.69, 9.17) is 17.4 Å². The van der Waals surface area contributed by atoms with E-state index in [-0.39, 0.29) is 18.0 Å². The van der Waals surface area contributed by atoms with Crippen molar-refractivity contribution in [3.63, 3.8) is 0 Å². The average molecular weight is 315 g/mol. The van der Waals surface area contributed by atoms with Crippen molar-refractivity contribution in [2.75, 3.05) is 0 Å². The molecule has 1 unspecified atom stereocenters. The third-order valence-electron chi connectivity index (χ3n) is 3.43. The molecule has 114 valence electrons. The van der Waals surface area contributed by atoms with Crippen molar-refractivity contribution in [2.45, 2.75) is 25.8 Å². The first-order valence-corrected chi connectivity index (χ1v) is 6.88. The molecule has 0 bridgehead atoms. The molecule has 3 N–H and O–H groups in total. The van der Waals surface area contributed by atoms with Crippen LogP contribution in [0, 0.1) is 18.6 Å². The molecule has 0 saturated heterocycles. The number of hydrogen-bond donors (Lipinski definition) is 2. The predicted octanol–water partition coefficient (Wildman–Crippen LogP) is 2.28. The smallest absolute Gasteiger partial charge is 0.162 e. The van der Waals surface area contributed by atoms with E-state index in [0.717, 1.165) is 17.5 Å². The quantitative estimate of drug-likeness (QED) is 0.657. The number of nitrogens with zero attached hydrogens (tertiary/aromatic N) is 2. The van der Waals surface area contributed by atoms with Crippen LogP contribution in [0.4, 0.5) is 8.78 Å². The molecule has 0 radical (unpaired) electrons. The maximum Gasteiger partial charge on any atom is 0.162 e. The molecule has 0 fully saturated rings. The first-order chi connectivity index (χ1) is 9.93. The number of aromatic nitrogens is 2. The van der Waals surface area contributed by atoms with E-state index in [1.165, 1.54) is 6.07 Å². The Labute approximate surface area is 126 Å². The average Bonchev–Trinajstić information content (AvgIpc) is 2.69. The summed E-state index contributed by atoms with van der Waals surface area (Å²) >= 11 is 6.19. The van der Waals surface area contributed by atoms with Crippen LogP contribution in [-0.4, -0.2) is 15.8 Å². The number of nitrogens with two attached hydrogens (primary N) is 1. The van der Waals surface area contributed by atoms with Gasteiger partial charge in [-0.05, 0) is 25.0 Å². The van der Waals surface area contributed by atoms with E-state index in [1.54, 1.807) is 17.8 Å². The molecule has 1 aromatic carbocycles. The van der Waals surface area contributed by atoms with Crippen molar-refractivity contribution < 1.29 is 8.78 Å². The van der Waals surface area contributed by atoms with Gasteiger partial charge in [-0.3, -0.25) is 16.0 Å². The summed E-state index contributed by atoms with van der Waals surface area (Å²) in [5.74, 6) is 3.82. The van der Waals surface area contributed by atoms with E-state index < -0.39 is 11.6 Å². The summed E-state index contributed by atoms with van der Waals surface area (Å²) in [6.45, 7) is 1.81. The Morgan fingerprint density at radius 2 is 2.10 bits per heavy atom. The second kappa shape index (κ2) is 6.51. The van der Waals surface area contributed by atoms with Gasteiger partial charge in [-0.25, -0.2) is 8.78 Å². The second-order valence-electron chi connectivity index (χ2n) is 4.95. The standard InChI is InChI=1S/C14H17ClF2N4/c1-8-13(15)12(21(2)20-8)7-10(19-18)6-9-4-3-5-11(16)14(9)17/h3-5,10,19H,6-7,18H2,1-2H3. The van der Waals surface area contributed by atoms with Crippen molar-refractivity contribution in [1.29, 1.82) is 0 Å². The van der Waals surface area contributed by atoms with Gasteiger partial charge in [0, 0.05) is 19.5 Å². The summed E-state index contributed by atoms with van der Waals surface area (Å²) in [5, 5.41) is 4.79. The van der Waals surface area contributed by atoms with Gasteiger partial charge in [0.25, 0.3) is 0 Å². The zero-order chi connectivity index (χ0) is 15.6. The molecule has 0 aliphatic heterocycles. The van der Waals surface area contributed by atoms with Gasteiger partial charge in [0.15, 0.2) is 11.6 Å². The van der Waals surface area contributed by atoms with Crippen LogP contribution in [0.15, 0.2) is 18.2 Å². The van der Waals surface area contributed by atoms with Crippen molar-refractivity contribution in [3.8, 4) is 0 Å². The molecule has 2 rings (SSSR count). The molecule has 4 nitrogen and oxygen atoms in total. The monoisotopic (exact) mass is 314 g/mol. The largest absolute Gasteiger partial charge is 0.271 e. The highest BCUT2D eigenvalue weighted by atomic mass is 35.5. The molecule has 1 heterocycles. The van der Waals surface area contributed by atoms with Gasteiger partial charge in [-0.15, -0.1) is 0 Å². The van der Waals surface area contributed by atoms with Gasteiger partial charge in [0.2, 0.25) is 0 Å². The normalized spacial score (nSPS) is 12.7. The van der Waals surface area contributed by atoms with Crippen LogP contribution >= 0.6 is 11.6 Å². The lowest BCUT2D eigenvalue weighted by Gasteiger charge is -2.17. The molecule has 1 aromatic heterocycles. The van der Waals surface area contributed by atoms with E-state index in [0.29, 0.717) is 11.4 Å². The molecule has 0 saturated carbocycles. The van der Waals surface area contributed by atoms with Gasteiger partial charge >= 0.3 is 0 Å². The number of hydrogen-bond acceptors (Lipinski definition) is 3. The number of rotatable bonds is 5. The molecular formula is C14H17ClF2N4. The van der Waals surface area contributed by atoms with E-state index in [1.807, 2.05) is 6.92 Å². The van der Waals surface area contributed by atoms with Crippen molar-refractivity contribution >= 4 is 11.6 Å². The summed E-state index contributed by atoms with van der Waals surface area (Å²) in [6.07, 6.45) is 0.712. The second-order valence-corrected chi connectivity index (χ2v) is 5.33. The van der Waals surface area contributed by atoms with Gasteiger partial charge in [0.1, 0.15) is 0 Å². The third kappa shape index (κ3) is 3.40. The Morgan fingerprint density at radius 3 is 2.67 bits per heavy atom. The van der Waals surface area contributed by atoms with Gasteiger partial charge < -0.3 is 0 Å². The molecule has 0 aliphatic rings. The van der Waals surface area contributed by atoms with Crippen LogP contribution in [0.1, 0.15) is 17.0 Å². The minimum atomic E-state index is -0.863. The van der Waals surface area contributed by atoms with E-state index >= 15 is 0 Å². The zero-order valence-corrected chi connectivity index (χ0v) is 12.6. The minimum Gasteiger partial charge on any atom is -0.271 e. The van der Waals surface area contributed by atoms with Gasteiger partial charge in [-0.1, -0.05) is 23.7 Å². The highest BCUT2D eigenvalue weighted by Crippen LogP contribution is 2.22. The first-order valence-electron chi connectivity index (χ1n) is 6.51. The van der Waals surface area contributed by atoms with E-state index in [2.05, 4.69) is 10.5 Å². The predicted molar refractivity (Wildman–Crippen MR) is 77.8 cm³/mol. The fourth-order valence-electron chi connectivity index (χ4n) is 2.30. The first kappa shape index (κ1) is 15.9. The Kier molecular flexibility index (Phi) is 4.92. The molecule has 0 aliphatic carbocycles. The lowest BCUT2D eigenvalue weighted by atomic mass is 10.0. The molecule has 0 amide bonds. The molecular weight excluding hydrogens is 298 g/mol. The maximum atomic E-state index is 13.7.